The number of methoxy groups -OCH3 is 1. The normalized spacial score (nSPS) is 19.2. The molecule has 0 saturated carbocycles. The summed E-state index contributed by atoms with van der Waals surface area (Å²) in [5.74, 6) is -1.05. The second-order valence-electron chi connectivity index (χ2n) is 9.60. The first-order chi connectivity index (χ1) is 19.7. The van der Waals surface area contributed by atoms with Crippen LogP contribution in [0.3, 0.4) is 0 Å². The number of carbonyl (C=O) groups is 3. The van der Waals surface area contributed by atoms with E-state index in [4.69, 9.17) is 18.9 Å². The number of anilines is 1. The van der Waals surface area contributed by atoms with Crippen molar-refractivity contribution in [2.75, 3.05) is 25.2 Å². The number of Topliss-reactive ketones (excluding diaryl/α,β-unsaturated/α-hetero) is 1. The second-order valence-corrected chi connectivity index (χ2v) is 10.6. The van der Waals surface area contributed by atoms with E-state index in [0.717, 1.165) is 16.9 Å². The summed E-state index contributed by atoms with van der Waals surface area (Å²) in [4.78, 5) is 45.4. The molecule has 3 aromatic rings. The van der Waals surface area contributed by atoms with Crippen molar-refractivity contribution in [3.63, 3.8) is 0 Å². The number of amides is 1. The minimum Gasteiger partial charge on any atom is -0.507 e. The quantitative estimate of drug-likeness (QED) is 0.170. The fraction of sp³-hybridized carbons (Fsp3) is 0.333. The van der Waals surface area contributed by atoms with Crippen LogP contribution in [0.4, 0.5) is 5.13 Å². The van der Waals surface area contributed by atoms with Crippen LogP contribution in [-0.2, 0) is 20.7 Å². The number of rotatable bonds is 8. The van der Waals surface area contributed by atoms with E-state index in [-0.39, 0.29) is 27.4 Å². The molecule has 0 spiro atoms. The maximum Gasteiger partial charge on any atom is 0.350 e. The van der Waals surface area contributed by atoms with Crippen LogP contribution in [0.5, 0.6) is 17.2 Å². The van der Waals surface area contributed by atoms with E-state index in [2.05, 4.69) is 4.98 Å². The lowest BCUT2D eigenvalue weighted by molar-refractivity contribution is -0.132. The van der Waals surface area contributed by atoms with Gasteiger partial charge in [-0.3, -0.25) is 14.5 Å². The maximum absolute atomic E-state index is 13.6. The lowest BCUT2D eigenvalue weighted by Gasteiger charge is -2.24. The molecule has 11 heteroatoms. The van der Waals surface area contributed by atoms with Gasteiger partial charge in [0.15, 0.2) is 16.6 Å². The Morgan fingerprint density at radius 3 is 2.56 bits per heavy atom. The molecule has 1 aromatic heterocycles. The average Bonchev–Trinajstić information content (AvgIpc) is 3.60. The summed E-state index contributed by atoms with van der Waals surface area (Å²) in [6, 6.07) is 9.20. The van der Waals surface area contributed by atoms with E-state index >= 15 is 0 Å². The summed E-state index contributed by atoms with van der Waals surface area (Å²) in [5.41, 5.74) is 2.01. The summed E-state index contributed by atoms with van der Waals surface area (Å²) < 4.78 is 22.2. The van der Waals surface area contributed by atoms with Gasteiger partial charge in [-0.25, -0.2) is 9.78 Å². The zero-order valence-corrected chi connectivity index (χ0v) is 24.2. The van der Waals surface area contributed by atoms with Gasteiger partial charge in [-0.05, 0) is 69.2 Å². The number of esters is 1. The van der Waals surface area contributed by atoms with Gasteiger partial charge in [-0.2, -0.15) is 0 Å². The monoisotopic (exact) mass is 578 g/mol. The Balaban J connectivity index is 1.71. The largest absolute Gasteiger partial charge is 0.507 e. The highest BCUT2D eigenvalue weighted by Crippen LogP contribution is 2.46. The van der Waals surface area contributed by atoms with Crippen molar-refractivity contribution >= 4 is 39.9 Å². The molecule has 3 heterocycles. The molecule has 2 aliphatic heterocycles. The first kappa shape index (κ1) is 28.2. The zero-order chi connectivity index (χ0) is 29.4. The molecule has 41 heavy (non-hydrogen) atoms. The van der Waals surface area contributed by atoms with Gasteiger partial charge in [-0.1, -0.05) is 17.4 Å². The van der Waals surface area contributed by atoms with Crippen LogP contribution in [0.15, 0.2) is 42.0 Å². The number of aliphatic hydroxyl groups is 1. The molecule has 2 aromatic carbocycles. The summed E-state index contributed by atoms with van der Waals surface area (Å²) in [5, 5.41) is 11.7. The summed E-state index contributed by atoms with van der Waals surface area (Å²) in [6.07, 6.45) is 0.644. The molecule has 5 rings (SSSR count). The van der Waals surface area contributed by atoms with Gasteiger partial charge in [0.1, 0.15) is 22.5 Å². The highest BCUT2D eigenvalue weighted by molar-refractivity contribution is 7.17. The van der Waals surface area contributed by atoms with Crippen molar-refractivity contribution < 1.29 is 38.4 Å². The Morgan fingerprint density at radius 2 is 1.85 bits per heavy atom. The third-order valence-corrected chi connectivity index (χ3v) is 8.00. The lowest BCUT2D eigenvalue weighted by atomic mass is 9.94. The predicted octanol–water partition coefficient (Wildman–Crippen LogP) is 4.99. The molecule has 0 aliphatic carbocycles. The van der Waals surface area contributed by atoms with E-state index in [1.807, 2.05) is 20.8 Å². The highest BCUT2D eigenvalue weighted by Gasteiger charge is 2.48. The number of fused-ring (bicyclic) bond motifs is 1. The lowest BCUT2D eigenvalue weighted by Crippen LogP contribution is -2.29. The highest BCUT2D eigenvalue weighted by atomic mass is 32.1. The molecular formula is C30H30N2O8S. The minimum atomic E-state index is -1.07. The first-order valence-corrected chi connectivity index (χ1v) is 14.1. The van der Waals surface area contributed by atoms with Crippen LogP contribution in [-0.4, -0.2) is 54.2 Å². The Morgan fingerprint density at radius 1 is 1.12 bits per heavy atom. The number of thiazole rings is 1. The molecule has 214 valence electrons. The predicted molar refractivity (Wildman–Crippen MR) is 152 cm³/mol. The summed E-state index contributed by atoms with van der Waals surface area (Å²) in [7, 11) is 1.25. The Kier molecular flexibility index (Phi) is 7.72. The van der Waals surface area contributed by atoms with E-state index in [1.54, 1.807) is 43.3 Å². The summed E-state index contributed by atoms with van der Waals surface area (Å²) in [6.45, 7) is 8.02. The number of ether oxygens (including phenoxy) is 4. The van der Waals surface area contributed by atoms with Crippen LogP contribution in [0.25, 0.3) is 5.76 Å². The van der Waals surface area contributed by atoms with Gasteiger partial charge in [-0.15, -0.1) is 0 Å². The van der Waals surface area contributed by atoms with Crippen LogP contribution < -0.4 is 19.1 Å². The first-order valence-electron chi connectivity index (χ1n) is 13.2. The zero-order valence-electron chi connectivity index (χ0n) is 23.3. The summed E-state index contributed by atoms with van der Waals surface area (Å²) >= 11 is 0.936. The molecule has 1 fully saturated rings. The van der Waals surface area contributed by atoms with Crippen molar-refractivity contribution in [3.8, 4) is 17.2 Å². The fourth-order valence-electron chi connectivity index (χ4n) is 5.08. The van der Waals surface area contributed by atoms with Gasteiger partial charge in [0, 0.05) is 12.0 Å². The van der Waals surface area contributed by atoms with Crippen molar-refractivity contribution in [3.05, 3.63) is 69.2 Å². The third kappa shape index (κ3) is 5.01. The number of aryl methyl sites for hydroxylation is 1. The van der Waals surface area contributed by atoms with Crippen LogP contribution in [0.2, 0.25) is 0 Å². The second kappa shape index (κ2) is 11.2. The average molecular weight is 579 g/mol. The van der Waals surface area contributed by atoms with Crippen molar-refractivity contribution in [2.24, 2.45) is 0 Å². The van der Waals surface area contributed by atoms with Crippen LogP contribution in [0, 0.1) is 6.92 Å². The molecule has 2 aliphatic rings. The van der Waals surface area contributed by atoms with Crippen molar-refractivity contribution in [2.45, 2.75) is 46.3 Å². The van der Waals surface area contributed by atoms with Crippen molar-refractivity contribution in [1.82, 2.24) is 4.98 Å². The number of hydrogen-bond acceptors (Lipinski definition) is 10. The molecule has 1 saturated heterocycles. The van der Waals surface area contributed by atoms with E-state index < -0.39 is 23.7 Å². The Labute approximate surface area is 241 Å². The number of ketones is 1. The number of carbonyl (C=O) groups excluding carboxylic acids is 3. The van der Waals surface area contributed by atoms with E-state index in [9.17, 15) is 19.5 Å². The van der Waals surface area contributed by atoms with Gasteiger partial charge in [0.05, 0.1) is 37.6 Å². The number of benzene rings is 2. The molecule has 1 amide bonds. The van der Waals surface area contributed by atoms with Gasteiger partial charge in [0.2, 0.25) is 0 Å². The molecule has 1 N–H and O–H groups in total. The topological polar surface area (TPSA) is 124 Å². The molecular weight excluding hydrogens is 548 g/mol. The standard InChI is InChI=1S/C30H30N2O8S/c1-6-38-21-11-8-17(14-22(21)39-7-2)24-23(25(33)18-9-10-20-19(13-18)12-15(3)40-20)26(34)28(35)32(24)30-31-16(4)27(41-30)29(36)37-5/h8-11,13-15,24,33H,6-7,12H2,1-5H3/b25-23-. The SMILES string of the molecule is CCOc1ccc(C2/C(=C(/O)c3ccc4c(c3)CC(C)O4)C(=O)C(=O)N2c2nc(C)c(C(=O)OC)s2)cc1OCC. The fourth-order valence-corrected chi connectivity index (χ4v) is 6.09. The Bertz CT molecular complexity index is 1580. The number of aromatic nitrogens is 1. The molecule has 0 bridgehead atoms. The number of nitrogens with zero attached hydrogens (tertiary/aromatic N) is 2. The van der Waals surface area contributed by atoms with Gasteiger partial charge in [0.25, 0.3) is 5.78 Å². The number of hydrogen-bond donors (Lipinski definition) is 1. The van der Waals surface area contributed by atoms with Gasteiger partial charge >= 0.3 is 11.9 Å². The molecule has 2 unspecified atom stereocenters. The van der Waals surface area contributed by atoms with Crippen molar-refractivity contribution in [1.29, 1.82) is 0 Å². The van der Waals surface area contributed by atoms with E-state index in [0.29, 0.717) is 53.7 Å². The minimum absolute atomic E-state index is 0.00836. The smallest absolute Gasteiger partial charge is 0.350 e. The van der Waals surface area contributed by atoms with Crippen LogP contribution in [0.1, 0.15) is 58.9 Å². The van der Waals surface area contributed by atoms with E-state index in [1.165, 1.54) is 12.0 Å². The van der Waals surface area contributed by atoms with Gasteiger partial charge < -0.3 is 24.1 Å². The Hall–Kier alpha value is -4.38. The molecule has 10 nitrogen and oxygen atoms in total. The third-order valence-electron chi connectivity index (χ3n) is 6.86. The molecule has 2 atom stereocenters. The maximum atomic E-state index is 13.6. The van der Waals surface area contributed by atoms with Crippen LogP contribution >= 0.6 is 11.3 Å². The molecule has 0 radical (unpaired) electrons. The number of aliphatic hydroxyl groups excluding tert-OH is 1.